The average Bonchev–Trinajstić information content (AvgIpc) is 2.30. The van der Waals surface area contributed by atoms with E-state index in [0.717, 1.165) is 12.2 Å². The number of nitrogens with one attached hydrogen (secondary N) is 1. The molecule has 1 rings (SSSR count). The predicted molar refractivity (Wildman–Crippen MR) is 55.0 cm³/mol. The number of H-pyrrole nitrogens is 1. The van der Waals surface area contributed by atoms with Gasteiger partial charge >= 0.3 is 0 Å². The van der Waals surface area contributed by atoms with Crippen LogP contribution in [-0.2, 0) is 13.2 Å². The molecule has 0 aliphatic carbocycles. The molecule has 0 radical (unpaired) electrons. The summed E-state index contributed by atoms with van der Waals surface area (Å²) in [6, 6.07) is 0. The lowest BCUT2D eigenvalue weighted by molar-refractivity contribution is 0.258. The molecule has 0 aromatic carbocycles. The molecule has 2 N–H and O–H groups in total. The van der Waals surface area contributed by atoms with Crippen LogP contribution < -0.4 is 0 Å². The minimum absolute atomic E-state index is 0.0310. The van der Waals surface area contributed by atoms with E-state index in [1.165, 1.54) is 0 Å². The lowest BCUT2D eigenvalue weighted by Crippen LogP contribution is -2.17. The van der Waals surface area contributed by atoms with Crippen LogP contribution >= 0.6 is 12.2 Å². The largest absolute Gasteiger partial charge is 0.390 e. The van der Waals surface area contributed by atoms with Crippen LogP contribution in [0.4, 0.5) is 0 Å². The Balaban J connectivity index is 2.99. The minimum atomic E-state index is 0.0310. The molecule has 0 unspecified atom stereocenters. The van der Waals surface area contributed by atoms with Gasteiger partial charge in [0.1, 0.15) is 0 Å². The SMILES string of the molecule is CC(C)(C)Cn1c(CO)c[nH]c1=S. The van der Waals surface area contributed by atoms with Crippen LogP contribution in [0.15, 0.2) is 6.20 Å². The molecule has 1 heterocycles. The number of aliphatic hydroxyl groups is 1. The molecule has 0 fully saturated rings. The number of imidazole rings is 1. The number of nitrogens with zero attached hydrogens (tertiary/aromatic N) is 1. The fraction of sp³-hybridized carbons (Fsp3) is 0.667. The molecular formula is C9H16N2OS. The molecule has 3 nitrogen and oxygen atoms in total. The third-order valence-corrected chi connectivity index (χ3v) is 2.09. The van der Waals surface area contributed by atoms with E-state index in [-0.39, 0.29) is 12.0 Å². The summed E-state index contributed by atoms with van der Waals surface area (Å²) >= 11 is 5.10. The van der Waals surface area contributed by atoms with Crippen molar-refractivity contribution in [1.29, 1.82) is 0 Å². The monoisotopic (exact) mass is 200 g/mol. The van der Waals surface area contributed by atoms with E-state index in [4.69, 9.17) is 17.3 Å². The summed E-state index contributed by atoms with van der Waals surface area (Å²) in [4.78, 5) is 2.93. The Labute approximate surface area is 83.4 Å². The Kier molecular flexibility index (Phi) is 2.93. The zero-order valence-electron chi connectivity index (χ0n) is 8.29. The van der Waals surface area contributed by atoms with E-state index in [2.05, 4.69) is 25.8 Å². The van der Waals surface area contributed by atoms with Crippen LogP contribution in [0.1, 0.15) is 26.5 Å². The molecule has 0 aliphatic heterocycles. The summed E-state index contributed by atoms with van der Waals surface area (Å²) in [7, 11) is 0. The molecule has 0 atom stereocenters. The molecule has 4 heteroatoms. The van der Waals surface area contributed by atoms with Gasteiger partial charge in [0.05, 0.1) is 12.3 Å². The number of rotatable bonds is 2. The van der Waals surface area contributed by atoms with E-state index in [1.54, 1.807) is 6.20 Å². The molecule has 1 aromatic heterocycles. The molecule has 0 bridgehead atoms. The van der Waals surface area contributed by atoms with Gasteiger partial charge < -0.3 is 14.7 Å². The predicted octanol–water partition coefficient (Wildman–Crippen LogP) is 2.08. The first kappa shape index (κ1) is 10.5. The maximum atomic E-state index is 9.04. The van der Waals surface area contributed by atoms with Crippen LogP contribution in [-0.4, -0.2) is 14.7 Å². The standard InChI is InChI=1S/C9H16N2OS/c1-9(2,3)6-11-7(5-12)4-10-8(11)13/h4,12H,5-6H2,1-3H3,(H,10,13). The van der Waals surface area contributed by atoms with Crippen LogP contribution in [0.25, 0.3) is 0 Å². The van der Waals surface area contributed by atoms with E-state index in [9.17, 15) is 0 Å². The fourth-order valence-electron chi connectivity index (χ4n) is 1.21. The third kappa shape index (κ3) is 2.67. The van der Waals surface area contributed by atoms with Gasteiger partial charge in [0.25, 0.3) is 0 Å². The van der Waals surface area contributed by atoms with Crippen LogP contribution in [0.2, 0.25) is 0 Å². The molecule has 0 saturated heterocycles. The van der Waals surface area contributed by atoms with Gasteiger partial charge in [0.2, 0.25) is 0 Å². The number of hydrogen-bond donors (Lipinski definition) is 2. The zero-order chi connectivity index (χ0) is 10.1. The quantitative estimate of drug-likeness (QED) is 0.718. The highest BCUT2D eigenvalue weighted by atomic mass is 32.1. The van der Waals surface area contributed by atoms with Crippen LogP contribution in [0, 0.1) is 10.2 Å². The van der Waals surface area contributed by atoms with Crippen molar-refractivity contribution in [2.24, 2.45) is 5.41 Å². The van der Waals surface area contributed by atoms with Gasteiger partial charge in [0, 0.05) is 12.7 Å². The van der Waals surface area contributed by atoms with Crippen molar-refractivity contribution in [3.05, 3.63) is 16.7 Å². The van der Waals surface area contributed by atoms with Gasteiger partial charge in [-0.2, -0.15) is 0 Å². The molecule has 0 amide bonds. The molecule has 1 aromatic rings. The lowest BCUT2D eigenvalue weighted by Gasteiger charge is -2.20. The molecular weight excluding hydrogens is 184 g/mol. The number of aromatic nitrogens is 2. The van der Waals surface area contributed by atoms with Crippen molar-refractivity contribution >= 4 is 12.2 Å². The zero-order valence-corrected chi connectivity index (χ0v) is 9.11. The smallest absolute Gasteiger partial charge is 0.177 e. The minimum Gasteiger partial charge on any atom is -0.390 e. The lowest BCUT2D eigenvalue weighted by atomic mass is 9.97. The Morgan fingerprint density at radius 2 is 2.15 bits per heavy atom. The summed E-state index contributed by atoms with van der Waals surface area (Å²) in [5.41, 5.74) is 1.02. The molecule has 74 valence electrons. The van der Waals surface area contributed by atoms with Gasteiger partial charge in [-0.25, -0.2) is 0 Å². The molecule has 0 aliphatic rings. The second kappa shape index (κ2) is 3.64. The topological polar surface area (TPSA) is 41.0 Å². The van der Waals surface area contributed by atoms with E-state index >= 15 is 0 Å². The first-order chi connectivity index (χ1) is 5.94. The van der Waals surface area contributed by atoms with Gasteiger partial charge in [0.15, 0.2) is 4.77 Å². The van der Waals surface area contributed by atoms with Crippen molar-refractivity contribution in [2.75, 3.05) is 0 Å². The summed E-state index contributed by atoms with van der Waals surface area (Å²) in [6.07, 6.45) is 1.76. The van der Waals surface area contributed by atoms with Gasteiger partial charge in [-0.05, 0) is 17.6 Å². The summed E-state index contributed by atoms with van der Waals surface area (Å²) in [5, 5.41) is 9.04. The van der Waals surface area contributed by atoms with Crippen LogP contribution in [0.5, 0.6) is 0 Å². The van der Waals surface area contributed by atoms with E-state index in [0.29, 0.717) is 4.77 Å². The molecule has 0 spiro atoms. The Morgan fingerprint density at radius 1 is 1.54 bits per heavy atom. The Morgan fingerprint density at radius 3 is 2.62 bits per heavy atom. The van der Waals surface area contributed by atoms with Crippen molar-refractivity contribution in [3.63, 3.8) is 0 Å². The molecule has 13 heavy (non-hydrogen) atoms. The number of aromatic amines is 1. The number of aliphatic hydroxyl groups excluding tert-OH is 1. The second-order valence-corrected chi connectivity index (χ2v) is 4.78. The Hall–Kier alpha value is -0.610. The van der Waals surface area contributed by atoms with Crippen molar-refractivity contribution in [2.45, 2.75) is 33.9 Å². The first-order valence-corrected chi connectivity index (χ1v) is 4.73. The van der Waals surface area contributed by atoms with Gasteiger partial charge in [-0.3, -0.25) is 0 Å². The van der Waals surface area contributed by atoms with E-state index < -0.39 is 0 Å². The normalized spacial score (nSPS) is 12.0. The third-order valence-electron chi connectivity index (χ3n) is 1.75. The summed E-state index contributed by atoms with van der Waals surface area (Å²) in [5.74, 6) is 0. The van der Waals surface area contributed by atoms with E-state index in [1.807, 2.05) is 4.57 Å². The highest BCUT2D eigenvalue weighted by Crippen LogP contribution is 2.18. The van der Waals surface area contributed by atoms with Crippen molar-refractivity contribution in [3.8, 4) is 0 Å². The first-order valence-electron chi connectivity index (χ1n) is 4.32. The fourth-order valence-corrected chi connectivity index (χ4v) is 1.45. The van der Waals surface area contributed by atoms with Gasteiger partial charge in [-0.15, -0.1) is 0 Å². The highest BCUT2D eigenvalue weighted by molar-refractivity contribution is 7.71. The van der Waals surface area contributed by atoms with Crippen molar-refractivity contribution in [1.82, 2.24) is 9.55 Å². The Bertz CT molecular complexity index is 332. The maximum Gasteiger partial charge on any atom is 0.177 e. The highest BCUT2D eigenvalue weighted by Gasteiger charge is 2.13. The van der Waals surface area contributed by atoms with Crippen molar-refractivity contribution < 1.29 is 5.11 Å². The van der Waals surface area contributed by atoms with Crippen LogP contribution in [0.3, 0.4) is 0 Å². The second-order valence-electron chi connectivity index (χ2n) is 4.39. The summed E-state index contributed by atoms with van der Waals surface area (Å²) < 4.78 is 2.62. The summed E-state index contributed by atoms with van der Waals surface area (Å²) in [6.45, 7) is 7.28. The number of hydrogen-bond acceptors (Lipinski definition) is 2. The maximum absolute atomic E-state index is 9.04. The average molecular weight is 200 g/mol. The van der Waals surface area contributed by atoms with Gasteiger partial charge in [-0.1, -0.05) is 20.8 Å². The molecule has 0 saturated carbocycles.